The number of ether oxygens (including phenoxy) is 1. The Hall–Kier alpha value is -2.90. The minimum absolute atomic E-state index is 0.0109. The molecule has 4 rings (SSSR count). The van der Waals surface area contributed by atoms with Gasteiger partial charge in [-0.25, -0.2) is 9.78 Å². The Bertz CT molecular complexity index is 835. The largest absolute Gasteiger partial charge is 0.453 e. The molecule has 0 aliphatic carbocycles. The number of nitrogens with zero attached hydrogens (tertiary/aromatic N) is 4. The zero-order chi connectivity index (χ0) is 18.8. The highest BCUT2D eigenvalue weighted by Crippen LogP contribution is 2.25. The minimum Gasteiger partial charge on any atom is -0.453 e. The van der Waals surface area contributed by atoms with Gasteiger partial charge >= 0.3 is 6.09 Å². The van der Waals surface area contributed by atoms with Gasteiger partial charge in [0.1, 0.15) is 11.9 Å². The molecule has 1 fully saturated rings. The molecule has 27 heavy (non-hydrogen) atoms. The molecule has 1 atom stereocenters. The summed E-state index contributed by atoms with van der Waals surface area (Å²) in [7, 11) is 1.36. The van der Waals surface area contributed by atoms with E-state index >= 15 is 0 Å². The second-order valence-electron chi connectivity index (χ2n) is 6.94. The van der Waals surface area contributed by atoms with Crippen molar-refractivity contribution in [3.63, 3.8) is 0 Å². The summed E-state index contributed by atoms with van der Waals surface area (Å²) in [5.74, 6) is 0.763. The number of imidazole rings is 1. The van der Waals surface area contributed by atoms with Gasteiger partial charge in [-0.2, -0.15) is 0 Å². The predicted octanol–water partition coefficient (Wildman–Crippen LogP) is 1.98. The van der Waals surface area contributed by atoms with Gasteiger partial charge in [-0.15, -0.1) is 0 Å². The monoisotopic (exact) mass is 369 g/mol. The first-order chi connectivity index (χ1) is 13.2. The Morgan fingerprint density at radius 3 is 2.96 bits per heavy atom. The van der Waals surface area contributed by atoms with Gasteiger partial charge in [0, 0.05) is 37.5 Å². The molecular weight excluding hydrogens is 346 g/mol. The zero-order valence-corrected chi connectivity index (χ0v) is 15.4. The summed E-state index contributed by atoms with van der Waals surface area (Å²) in [4.78, 5) is 40.6. The number of aromatic amines is 1. The minimum atomic E-state index is -0.437. The lowest BCUT2D eigenvalue weighted by Gasteiger charge is -2.37. The lowest BCUT2D eigenvalue weighted by Crippen LogP contribution is -2.53. The van der Waals surface area contributed by atoms with E-state index in [0.717, 1.165) is 35.6 Å². The van der Waals surface area contributed by atoms with Gasteiger partial charge in [0.2, 0.25) is 5.91 Å². The van der Waals surface area contributed by atoms with Crippen molar-refractivity contribution in [3.05, 3.63) is 35.9 Å². The van der Waals surface area contributed by atoms with Gasteiger partial charge in [-0.1, -0.05) is 0 Å². The normalized spacial score (nSPS) is 19.5. The maximum atomic E-state index is 13.1. The molecule has 2 aliphatic rings. The first kappa shape index (κ1) is 17.5. The highest BCUT2D eigenvalue weighted by Gasteiger charge is 2.36. The van der Waals surface area contributed by atoms with Crippen LogP contribution >= 0.6 is 0 Å². The van der Waals surface area contributed by atoms with Crippen molar-refractivity contribution in [1.82, 2.24) is 24.8 Å². The van der Waals surface area contributed by atoms with Gasteiger partial charge in [0.05, 0.1) is 25.0 Å². The topological polar surface area (TPSA) is 91.4 Å². The van der Waals surface area contributed by atoms with Crippen LogP contribution in [0, 0.1) is 0 Å². The molecule has 2 aromatic rings. The Kier molecular flexibility index (Phi) is 4.79. The smallest absolute Gasteiger partial charge is 0.410 e. The number of pyridine rings is 1. The standard InChI is InChI=1S/C19H23N5O3/c1-27-19(26)24-9-3-2-6-16(24)18(25)23-10-7-14-15(12-23)22-17(21-14)13-5-4-8-20-11-13/h4-5,8,11,16H,2-3,6-7,9-10,12H2,1H3,(H,21,22). The summed E-state index contributed by atoms with van der Waals surface area (Å²) in [5, 5.41) is 0. The number of aromatic nitrogens is 3. The molecule has 1 saturated heterocycles. The van der Waals surface area contributed by atoms with E-state index in [9.17, 15) is 9.59 Å². The van der Waals surface area contributed by atoms with Gasteiger partial charge < -0.3 is 14.6 Å². The van der Waals surface area contributed by atoms with E-state index in [4.69, 9.17) is 4.74 Å². The number of hydrogen-bond donors (Lipinski definition) is 1. The molecule has 0 spiro atoms. The van der Waals surface area contributed by atoms with Gasteiger partial charge in [-0.3, -0.25) is 14.7 Å². The highest BCUT2D eigenvalue weighted by atomic mass is 16.5. The fourth-order valence-electron chi connectivity index (χ4n) is 3.86. The summed E-state index contributed by atoms with van der Waals surface area (Å²) < 4.78 is 4.86. The van der Waals surface area contributed by atoms with Crippen LogP contribution in [0.5, 0.6) is 0 Å². The molecule has 2 aliphatic heterocycles. The number of nitrogens with one attached hydrogen (secondary N) is 1. The molecular formula is C19H23N5O3. The average Bonchev–Trinajstić information content (AvgIpc) is 3.16. The maximum Gasteiger partial charge on any atom is 0.410 e. The SMILES string of the molecule is COC(=O)N1CCCCC1C(=O)N1CCc2nc(-c3cccnc3)[nH]c2C1. The van der Waals surface area contributed by atoms with E-state index in [1.807, 2.05) is 17.0 Å². The number of H-pyrrole nitrogens is 1. The number of carbonyl (C=O) groups excluding carboxylic acids is 2. The zero-order valence-electron chi connectivity index (χ0n) is 15.4. The Morgan fingerprint density at radius 1 is 1.30 bits per heavy atom. The van der Waals surface area contributed by atoms with Crippen molar-refractivity contribution >= 4 is 12.0 Å². The third kappa shape index (κ3) is 3.39. The van der Waals surface area contributed by atoms with Crippen molar-refractivity contribution in [2.75, 3.05) is 20.2 Å². The quantitative estimate of drug-likeness (QED) is 0.874. The number of piperidine rings is 1. The van der Waals surface area contributed by atoms with E-state index in [1.165, 1.54) is 7.11 Å². The summed E-state index contributed by atoms with van der Waals surface area (Å²) in [5.41, 5.74) is 2.87. The number of carbonyl (C=O) groups is 2. The van der Waals surface area contributed by atoms with E-state index < -0.39 is 12.1 Å². The Labute approximate surface area is 157 Å². The third-order valence-electron chi connectivity index (χ3n) is 5.28. The van der Waals surface area contributed by atoms with Crippen LogP contribution in [-0.2, 0) is 22.5 Å². The first-order valence-electron chi connectivity index (χ1n) is 9.29. The number of hydrogen-bond acceptors (Lipinski definition) is 5. The molecule has 8 nitrogen and oxygen atoms in total. The molecule has 0 radical (unpaired) electrons. The van der Waals surface area contributed by atoms with E-state index in [2.05, 4.69) is 15.0 Å². The van der Waals surface area contributed by atoms with Gasteiger partial charge in [0.15, 0.2) is 0 Å². The fraction of sp³-hybridized carbons (Fsp3) is 0.474. The second kappa shape index (κ2) is 7.38. The molecule has 2 aromatic heterocycles. The van der Waals surface area contributed by atoms with Gasteiger partial charge in [0.25, 0.3) is 0 Å². The Morgan fingerprint density at radius 2 is 2.19 bits per heavy atom. The maximum absolute atomic E-state index is 13.1. The first-order valence-corrected chi connectivity index (χ1v) is 9.29. The number of rotatable bonds is 2. The number of likely N-dealkylation sites (tertiary alicyclic amines) is 1. The molecule has 1 unspecified atom stereocenters. The van der Waals surface area contributed by atoms with Crippen LogP contribution < -0.4 is 0 Å². The van der Waals surface area contributed by atoms with Crippen LogP contribution in [0.3, 0.4) is 0 Å². The number of methoxy groups -OCH3 is 1. The molecule has 2 amide bonds. The molecule has 0 saturated carbocycles. The predicted molar refractivity (Wildman–Crippen MR) is 97.7 cm³/mol. The molecule has 142 valence electrons. The van der Waals surface area contributed by atoms with E-state index in [0.29, 0.717) is 32.5 Å². The summed E-state index contributed by atoms with van der Waals surface area (Å²) in [6.07, 6.45) is 6.29. The van der Waals surface area contributed by atoms with Crippen molar-refractivity contribution < 1.29 is 14.3 Å². The number of amides is 2. The summed E-state index contributed by atoms with van der Waals surface area (Å²) in [6, 6.07) is 3.39. The third-order valence-corrected chi connectivity index (χ3v) is 5.28. The van der Waals surface area contributed by atoms with Crippen molar-refractivity contribution in [2.24, 2.45) is 0 Å². The second-order valence-corrected chi connectivity index (χ2v) is 6.94. The van der Waals surface area contributed by atoms with E-state index in [-0.39, 0.29) is 5.91 Å². The summed E-state index contributed by atoms with van der Waals surface area (Å²) >= 11 is 0. The molecule has 0 bridgehead atoms. The summed E-state index contributed by atoms with van der Waals surface area (Å²) in [6.45, 7) is 1.65. The van der Waals surface area contributed by atoms with Crippen LogP contribution in [0.1, 0.15) is 30.7 Å². The van der Waals surface area contributed by atoms with Crippen LogP contribution in [0.2, 0.25) is 0 Å². The van der Waals surface area contributed by atoms with Crippen molar-refractivity contribution in [1.29, 1.82) is 0 Å². The van der Waals surface area contributed by atoms with Crippen LogP contribution in [0.25, 0.3) is 11.4 Å². The van der Waals surface area contributed by atoms with Crippen molar-refractivity contribution in [3.8, 4) is 11.4 Å². The van der Waals surface area contributed by atoms with Crippen LogP contribution in [0.4, 0.5) is 4.79 Å². The fourth-order valence-corrected chi connectivity index (χ4v) is 3.86. The van der Waals surface area contributed by atoms with Crippen LogP contribution in [-0.4, -0.2) is 63.0 Å². The van der Waals surface area contributed by atoms with Crippen molar-refractivity contribution in [2.45, 2.75) is 38.3 Å². The number of fused-ring (bicyclic) bond motifs is 1. The molecule has 8 heteroatoms. The Balaban J connectivity index is 1.51. The molecule has 0 aromatic carbocycles. The lowest BCUT2D eigenvalue weighted by atomic mass is 10.0. The lowest BCUT2D eigenvalue weighted by molar-refractivity contribution is -0.138. The van der Waals surface area contributed by atoms with E-state index in [1.54, 1.807) is 17.3 Å². The molecule has 4 heterocycles. The van der Waals surface area contributed by atoms with Crippen LogP contribution in [0.15, 0.2) is 24.5 Å². The molecule has 1 N–H and O–H groups in total. The highest BCUT2D eigenvalue weighted by molar-refractivity contribution is 5.86. The average molecular weight is 369 g/mol. The van der Waals surface area contributed by atoms with Gasteiger partial charge in [-0.05, 0) is 31.4 Å².